The van der Waals surface area contributed by atoms with Crippen molar-refractivity contribution in [1.82, 2.24) is 0 Å². The summed E-state index contributed by atoms with van der Waals surface area (Å²) in [6, 6.07) is 6.84. The minimum absolute atomic E-state index is 0.209. The van der Waals surface area contributed by atoms with Crippen LogP contribution in [0.2, 0.25) is 0 Å². The summed E-state index contributed by atoms with van der Waals surface area (Å²) >= 11 is 0. The summed E-state index contributed by atoms with van der Waals surface area (Å²) in [5.74, 6) is -5.93. The number of rotatable bonds is 8. The van der Waals surface area contributed by atoms with E-state index in [1.807, 2.05) is 0 Å². The van der Waals surface area contributed by atoms with Gasteiger partial charge in [-0.1, -0.05) is 37.3 Å². The Morgan fingerprint density at radius 1 is 1.22 bits per heavy atom. The second-order valence-corrected chi connectivity index (χ2v) is 7.61. The standard InChI is InChI=1S/C12H14O4.C4H10NO5P/c1-8(10(13)14)12(2,11(15)16)9-6-4-3-5-7-9;5-3(4(6)7)1-2-11(8,9)10/h3-8H,1-2H3,(H,13,14)(H,15,16);3H,1-2,5H2,(H,6,7)(H2,8,9,10)/i8D;/hD. The van der Waals surface area contributed by atoms with E-state index in [0.717, 1.165) is 6.92 Å². The highest BCUT2D eigenvalue weighted by Crippen LogP contribution is 2.35. The summed E-state index contributed by atoms with van der Waals surface area (Å²) in [6.45, 7) is 2.40. The van der Waals surface area contributed by atoms with Gasteiger partial charge in [0.25, 0.3) is 1.43 Å². The molecule has 27 heavy (non-hydrogen) atoms. The average molecular weight is 407 g/mol. The number of carboxylic acid groups (broad SMARTS) is 3. The minimum atomic E-state index is -4.10. The van der Waals surface area contributed by atoms with Crippen molar-refractivity contribution in [2.24, 2.45) is 11.6 Å². The molecule has 0 heterocycles. The van der Waals surface area contributed by atoms with E-state index < -0.39 is 49.0 Å². The smallest absolute Gasteiger partial charge is 0.325 e. The Morgan fingerprint density at radius 3 is 2.11 bits per heavy atom. The average Bonchev–Trinajstić information content (AvgIpc) is 2.64. The predicted molar refractivity (Wildman–Crippen MR) is 95.4 cm³/mol. The summed E-state index contributed by atoms with van der Waals surface area (Å²) in [5, 5.41) is 21.3. The molecule has 0 fully saturated rings. The van der Waals surface area contributed by atoms with Crippen LogP contribution in [0.4, 0.5) is 0 Å². The van der Waals surface area contributed by atoms with Crippen LogP contribution in [-0.4, -0.2) is 55.2 Å². The van der Waals surface area contributed by atoms with Crippen LogP contribution in [0.15, 0.2) is 30.3 Å². The molecule has 152 valence electrons. The molecule has 11 heteroatoms. The summed E-state index contributed by atoms with van der Waals surface area (Å²) < 4.78 is 24.8. The first-order valence-electron chi connectivity index (χ1n) is 8.51. The van der Waals surface area contributed by atoms with Gasteiger partial charge in [-0.15, -0.1) is 0 Å². The second-order valence-electron chi connectivity index (χ2n) is 5.83. The number of benzene rings is 1. The van der Waals surface area contributed by atoms with Gasteiger partial charge in [-0.05, 0) is 18.9 Å². The molecule has 0 saturated carbocycles. The normalized spacial score (nSPS) is 17.5. The first kappa shape index (κ1) is 21.0. The Balaban J connectivity index is 0.000000614. The van der Waals surface area contributed by atoms with Crippen molar-refractivity contribution in [2.45, 2.75) is 31.7 Å². The van der Waals surface area contributed by atoms with Crippen LogP contribution in [0.25, 0.3) is 1.43 Å². The lowest BCUT2D eigenvalue weighted by molar-refractivity contribution is -0.154. The summed E-state index contributed by atoms with van der Waals surface area (Å²) in [5.41, 5.74) is 3.54. The molecule has 7 N–H and O–H groups in total. The molecule has 0 amide bonds. The van der Waals surface area contributed by atoms with E-state index in [1.54, 1.807) is 18.2 Å². The summed E-state index contributed by atoms with van der Waals surface area (Å²) in [7, 11) is -4.10. The van der Waals surface area contributed by atoms with Crippen LogP contribution >= 0.6 is 7.60 Å². The predicted octanol–water partition coefficient (Wildman–Crippen LogP) is 0.716. The molecule has 3 unspecified atom stereocenters. The number of hydrogen-bond donors (Lipinski definition) is 6. The number of nitrogens with two attached hydrogens (primary N) is 1. The molecule has 0 radical (unpaired) electrons. The molecule has 1 aromatic carbocycles. The fourth-order valence-corrected chi connectivity index (χ4v) is 2.52. The third kappa shape index (κ3) is 7.88. The van der Waals surface area contributed by atoms with Gasteiger partial charge >= 0.3 is 25.5 Å². The van der Waals surface area contributed by atoms with Crippen molar-refractivity contribution in [3.8, 4) is 0 Å². The van der Waals surface area contributed by atoms with Crippen molar-refractivity contribution >= 4 is 25.5 Å². The number of hydrogen-bond acceptors (Lipinski definition) is 6. The third-order valence-electron chi connectivity index (χ3n) is 3.88. The van der Waals surface area contributed by atoms with Crippen molar-refractivity contribution in [1.29, 1.82) is 1.43 Å². The molecule has 0 bridgehead atoms. The maximum Gasteiger partial charge on any atom is 0.325 e. The molecule has 0 aliphatic heterocycles. The van der Waals surface area contributed by atoms with Gasteiger partial charge in [-0.2, -0.15) is 0 Å². The molecule has 0 saturated heterocycles. The molecule has 0 aliphatic rings. The fraction of sp³-hybridized carbons (Fsp3) is 0.438. The highest BCUT2D eigenvalue weighted by molar-refractivity contribution is 7.51. The van der Waals surface area contributed by atoms with Gasteiger partial charge in [0, 0.05) is 1.37 Å². The van der Waals surface area contributed by atoms with Gasteiger partial charge < -0.3 is 30.8 Å². The van der Waals surface area contributed by atoms with Crippen LogP contribution in [0.5, 0.6) is 0 Å². The van der Waals surface area contributed by atoms with Crippen molar-refractivity contribution < 1.29 is 45.4 Å². The maximum absolute atomic E-state index is 11.8. The van der Waals surface area contributed by atoms with E-state index in [1.165, 1.54) is 19.1 Å². The number of aliphatic carboxylic acids is 3. The Labute approximate surface area is 158 Å². The quantitative estimate of drug-likeness (QED) is 0.334. The molecule has 0 aliphatic carbocycles. The molecule has 10 nitrogen and oxygen atoms in total. The lowest BCUT2D eigenvalue weighted by Gasteiger charge is -2.29. The molecular formula is C16H24NO9P. The van der Waals surface area contributed by atoms with E-state index in [-0.39, 0.29) is 6.42 Å². The zero-order valence-electron chi connectivity index (χ0n) is 16.7. The maximum atomic E-state index is 11.8. The van der Waals surface area contributed by atoms with Gasteiger partial charge in [0.05, 0.1) is 12.1 Å². The summed E-state index contributed by atoms with van der Waals surface area (Å²) in [4.78, 5) is 49.7. The first-order valence-corrected chi connectivity index (χ1v) is 9.40. The van der Waals surface area contributed by atoms with Crippen molar-refractivity contribution in [3.05, 3.63) is 35.9 Å². The molecular weight excluding hydrogens is 381 g/mol. The monoisotopic (exact) mass is 407 g/mol. The van der Waals surface area contributed by atoms with Crippen LogP contribution in [0, 0.1) is 5.89 Å². The molecule has 0 aromatic heterocycles. The van der Waals surface area contributed by atoms with E-state index in [2.05, 4.69) is 5.11 Å². The Hall–Kier alpha value is -2.26. The Bertz CT molecular complexity index is 769. The lowest BCUT2D eigenvalue weighted by Crippen LogP contribution is -2.42. The lowest BCUT2D eigenvalue weighted by atomic mass is 9.72. The Kier molecular flexibility index (Phi) is 7.93. The minimum Gasteiger partial charge on any atom is -0.481 e. The topological polar surface area (TPSA) is 195 Å². The van der Waals surface area contributed by atoms with E-state index >= 15 is 0 Å². The molecule has 1 rings (SSSR count). The van der Waals surface area contributed by atoms with Crippen LogP contribution < -0.4 is 5.73 Å². The van der Waals surface area contributed by atoms with Gasteiger partial charge in [0.2, 0.25) is 0 Å². The first-order chi connectivity index (χ1) is 13.1. The van der Waals surface area contributed by atoms with E-state index in [4.69, 9.17) is 28.5 Å². The fourth-order valence-electron chi connectivity index (χ4n) is 1.90. The summed E-state index contributed by atoms with van der Waals surface area (Å²) in [6.07, 6.45) is -0.694. The largest absolute Gasteiger partial charge is 0.481 e. The molecule has 0 spiro atoms. The van der Waals surface area contributed by atoms with Gasteiger partial charge in [0.1, 0.15) is 11.5 Å². The van der Waals surface area contributed by atoms with Gasteiger partial charge in [-0.3, -0.25) is 18.9 Å². The van der Waals surface area contributed by atoms with Crippen LogP contribution in [-0.2, 0) is 24.4 Å². The third-order valence-corrected chi connectivity index (χ3v) is 4.72. The molecule has 3 atom stereocenters. The van der Waals surface area contributed by atoms with E-state index in [9.17, 15) is 18.9 Å². The SMILES string of the molecule is NC(CCP(=O)(O)O)C(=O)O.[2H]OC(=O)C(C)(c1ccccc1)C([2H])(C)C(=O)O. The highest BCUT2D eigenvalue weighted by Gasteiger charge is 2.44. The molecule has 1 aromatic rings. The van der Waals surface area contributed by atoms with Crippen LogP contribution in [0.1, 0.15) is 27.2 Å². The van der Waals surface area contributed by atoms with Crippen LogP contribution in [0.3, 0.4) is 0 Å². The van der Waals surface area contributed by atoms with Gasteiger partial charge in [0.15, 0.2) is 0 Å². The van der Waals surface area contributed by atoms with E-state index in [0.29, 0.717) is 5.56 Å². The Morgan fingerprint density at radius 2 is 1.74 bits per heavy atom. The van der Waals surface area contributed by atoms with Crippen molar-refractivity contribution in [3.63, 3.8) is 0 Å². The second kappa shape index (κ2) is 10.2. The van der Waals surface area contributed by atoms with Crippen molar-refractivity contribution in [2.75, 3.05) is 6.16 Å². The number of carboxylic acids is 3. The zero-order chi connectivity index (χ0) is 23.0. The zero-order valence-corrected chi connectivity index (χ0v) is 15.6. The highest BCUT2D eigenvalue weighted by atomic mass is 31.2. The van der Waals surface area contributed by atoms with Gasteiger partial charge in [-0.25, -0.2) is 0 Å². The number of carbonyl (C=O) groups is 3.